The summed E-state index contributed by atoms with van der Waals surface area (Å²) in [6.45, 7) is 0. The third-order valence-corrected chi connectivity index (χ3v) is 3.94. The number of aromatic amines is 2. The summed E-state index contributed by atoms with van der Waals surface area (Å²) in [5.74, 6) is 0. The van der Waals surface area contributed by atoms with Crippen LogP contribution in [-0.2, 0) is 0 Å². The Kier molecular flexibility index (Phi) is 2.66. The zero-order valence-corrected chi connectivity index (χ0v) is 12.4. The first-order valence-electron chi connectivity index (χ1n) is 7.42. The monoisotopic (exact) mass is 313 g/mol. The Balaban J connectivity index is 1.71. The third kappa shape index (κ3) is 1.95. The fraction of sp³-hybridized carbons (Fsp3) is 0. The van der Waals surface area contributed by atoms with E-state index in [0.29, 0.717) is 0 Å². The van der Waals surface area contributed by atoms with E-state index in [1.807, 2.05) is 24.3 Å². The predicted octanol–water partition coefficient (Wildman–Crippen LogP) is 2.96. The van der Waals surface area contributed by atoms with Crippen molar-refractivity contribution in [3.05, 3.63) is 55.4 Å². The maximum Gasteiger partial charge on any atom is 0.135 e. The van der Waals surface area contributed by atoms with Gasteiger partial charge in [-0.3, -0.25) is 10.1 Å². The molecule has 0 aliphatic carbocycles. The van der Waals surface area contributed by atoms with Crippen molar-refractivity contribution < 1.29 is 0 Å². The van der Waals surface area contributed by atoms with Gasteiger partial charge in [0.05, 0.1) is 28.6 Å². The van der Waals surface area contributed by atoms with Crippen LogP contribution in [0.25, 0.3) is 44.6 Å². The van der Waals surface area contributed by atoms with E-state index in [0.717, 1.165) is 44.6 Å². The predicted molar refractivity (Wildman–Crippen MR) is 90.0 cm³/mol. The van der Waals surface area contributed by atoms with Gasteiger partial charge in [0.15, 0.2) is 0 Å². The average Bonchev–Trinajstić information content (AvgIpc) is 3.25. The van der Waals surface area contributed by atoms with Crippen LogP contribution in [0.3, 0.4) is 0 Å². The van der Waals surface area contributed by atoms with Crippen LogP contribution >= 0.6 is 0 Å². The molecule has 0 saturated heterocycles. The van der Waals surface area contributed by atoms with Crippen LogP contribution < -0.4 is 0 Å². The van der Waals surface area contributed by atoms with Crippen molar-refractivity contribution >= 4 is 21.9 Å². The highest BCUT2D eigenvalue weighted by Crippen LogP contribution is 2.28. The fourth-order valence-corrected chi connectivity index (χ4v) is 2.78. The summed E-state index contributed by atoms with van der Waals surface area (Å²) in [5, 5.41) is 8.54. The highest BCUT2D eigenvalue weighted by Gasteiger charge is 2.13. The first-order chi connectivity index (χ1) is 11.9. The van der Waals surface area contributed by atoms with Gasteiger partial charge in [-0.05, 0) is 24.3 Å². The van der Waals surface area contributed by atoms with Crippen LogP contribution in [0.15, 0.2) is 55.4 Å². The summed E-state index contributed by atoms with van der Waals surface area (Å²) >= 11 is 0. The van der Waals surface area contributed by atoms with Gasteiger partial charge in [-0.2, -0.15) is 5.10 Å². The number of H-pyrrole nitrogens is 2. The molecule has 0 aliphatic rings. The number of fused-ring (bicyclic) bond motifs is 2. The van der Waals surface area contributed by atoms with Crippen molar-refractivity contribution in [2.75, 3.05) is 0 Å². The minimum atomic E-state index is 0.778. The van der Waals surface area contributed by atoms with E-state index >= 15 is 0 Å². The zero-order chi connectivity index (χ0) is 15.9. The zero-order valence-electron chi connectivity index (χ0n) is 12.4. The molecule has 0 radical (unpaired) electrons. The highest BCUT2D eigenvalue weighted by atomic mass is 15.1. The number of rotatable bonds is 2. The molecule has 0 spiro atoms. The van der Waals surface area contributed by atoms with Crippen LogP contribution in [0.5, 0.6) is 0 Å². The van der Waals surface area contributed by atoms with Crippen LogP contribution in [0.2, 0.25) is 0 Å². The fourth-order valence-electron chi connectivity index (χ4n) is 2.78. The second kappa shape index (κ2) is 4.95. The number of nitrogens with one attached hydrogen (secondary N) is 2. The largest absolute Gasteiger partial charge is 0.352 e. The first kappa shape index (κ1) is 12.9. The summed E-state index contributed by atoms with van der Waals surface area (Å²) in [4.78, 5) is 20.3. The van der Waals surface area contributed by atoms with E-state index in [2.05, 4.69) is 30.1 Å². The molecule has 5 aromatic rings. The molecule has 0 aromatic carbocycles. The van der Waals surface area contributed by atoms with Gasteiger partial charge < -0.3 is 4.98 Å². The van der Waals surface area contributed by atoms with Gasteiger partial charge in [-0.25, -0.2) is 15.0 Å². The molecule has 0 unspecified atom stereocenters. The number of hydrogen-bond acceptors (Lipinski definition) is 5. The van der Waals surface area contributed by atoms with E-state index in [9.17, 15) is 0 Å². The lowest BCUT2D eigenvalue weighted by molar-refractivity contribution is 1.12. The first-order valence-corrected chi connectivity index (χ1v) is 7.42. The van der Waals surface area contributed by atoms with Gasteiger partial charge in [0.25, 0.3) is 0 Å². The number of pyridine rings is 2. The molecule has 0 amide bonds. The molecule has 2 N–H and O–H groups in total. The van der Waals surface area contributed by atoms with E-state index < -0.39 is 0 Å². The van der Waals surface area contributed by atoms with E-state index in [4.69, 9.17) is 4.98 Å². The number of nitrogens with zero attached hydrogens (tertiary/aromatic N) is 5. The molecule has 0 fully saturated rings. The smallest absolute Gasteiger partial charge is 0.135 e. The molecular formula is C17H11N7. The molecule has 7 heteroatoms. The molecule has 0 aliphatic heterocycles. The Hall–Kier alpha value is -3.61. The van der Waals surface area contributed by atoms with Crippen molar-refractivity contribution in [1.82, 2.24) is 35.1 Å². The summed E-state index contributed by atoms with van der Waals surface area (Å²) < 4.78 is 0. The second-order valence-corrected chi connectivity index (χ2v) is 5.44. The lowest BCUT2D eigenvalue weighted by Gasteiger charge is -2.00. The quantitative estimate of drug-likeness (QED) is 0.522. The summed E-state index contributed by atoms with van der Waals surface area (Å²) in [6, 6.07) is 7.90. The van der Waals surface area contributed by atoms with Crippen LogP contribution in [0, 0.1) is 0 Å². The number of hydrogen-bond donors (Lipinski definition) is 2. The topological polar surface area (TPSA) is 96.0 Å². The Morgan fingerprint density at radius 1 is 0.875 bits per heavy atom. The molecule has 5 heterocycles. The Labute approximate surface area is 135 Å². The maximum atomic E-state index is 4.74. The minimum Gasteiger partial charge on any atom is -0.352 e. The van der Waals surface area contributed by atoms with Crippen molar-refractivity contribution in [3.8, 4) is 22.6 Å². The van der Waals surface area contributed by atoms with Crippen molar-refractivity contribution in [1.29, 1.82) is 0 Å². The molecule has 7 nitrogen and oxygen atoms in total. The maximum absolute atomic E-state index is 4.74. The summed E-state index contributed by atoms with van der Waals surface area (Å²) in [5.41, 5.74) is 6.00. The second-order valence-electron chi connectivity index (χ2n) is 5.44. The van der Waals surface area contributed by atoms with Crippen LogP contribution in [-0.4, -0.2) is 35.1 Å². The van der Waals surface area contributed by atoms with Gasteiger partial charge in [-0.15, -0.1) is 0 Å². The molecule has 0 saturated carbocycles. The molecule has 5 aromatic heterocycles. The van der Waals surface area contributed by atoms with Gasteiger partial charge in [-0.1, -0.05) is 0 Å². The lowest BCUT2D eigenvalue weighted by atomic mass is 10.2. The third-order valence-electron chi connectivity index (χ3n) is 3.94. The Bertz CT molecular complexity index is 1120. The number of aromatic nitrogens is 7. The molecule has 114 valence electrons. The van der Waals surface area contributed by atoms with Crippen molar-refractivity contribution in [2.45, 2.75) is 0 Å². The van der Waals surface area contributed by atoms with Gasteiger partial charge in [0, 0.05) is 29.5 Å². The van der Waals surface area contributed by atoms with E-state index in [-0.39, 0.29) is 0 Å². The molecular weight excluding hydrogens is 302 g/mol. The molecule has 0 atom stereocenters. The normalized spacial score (nSPS) is 11.3. The minimum absolute atomic E-state index is 0.778. The van der Waals surface area contributed by atoms with Gasteiger partial charge >= 0.3 is 0 Å². The highest BCUT2D eigenvalue weighted by molar-refractivity contribution is 5.94. The molecule has 5 rings (SSSR count). The summed E-state index contributed by atoms with van der Waals surface area (Å²) in [7, 11) is 0. The molecule has 0 bridgehead atoms. The summed E-state index contributed by atoms with van der Waals surface area (Å²) in [6.07, 6.45) is 8.57. The van der Waals surface area contributed by atoms with Crippen LogP contribution in [0.1, 0.15) is 0 Å². The Morgan fingerprint density at radius 2 is 1.79 bits per heavy atom. The average molecular weight is 313 g/mol. The molecule has 24 heavy (non-hydrogen) atoms. The van der Waals surface area contributed by atoms with Crippen LogP contribution in [0.4, 0.5) is 0 Å². The van der Waals surface area contributed by atoms with E-state index in [1.165, 1.54) is 6.33 Å². The van der Waals surface area contributed by atoms with Gasteiger partial charge in [0.2, 0.25) is 0 Å². The van der Waals surface area contributed by atoms with Crippen molar-refractivity contribution in [2.24, 2.45) is 0 Å². The van der Waals surface area contributed by atoms with Crippen molar-refractivity contribution in [3.63, 3.8) is 0 Å². The Morgan fingerprint density at radius 3 is 2.67 bits per heavy atom. The van der Waals surface area contributed by atoms with E-state index in [1.54, 1.807) is 24.8 Å². The lowest BCUT2D eigenvalue weighted by Crippen LogP contribution is -1.87. The SMILES string of the molecule is c1cc2cc(-c3n[nH]c4ccc(-c5cncnc5)nc34)[nH]c2cn1. The van der Waals surface area contributed by atoms with Gasteiger partial charge in [0.1, 0.15) is 17.5 Å². The standard InChI is InChI=1S/C17H11N7/c1-2-13-16(22-12(1)11-6-19-9-20-7-11)17(24-23-13)14-5-10-3-4-18-8-15(10)21-14/h1-9,21H,(H,23,24).